The number of nitrogens with zero attached hydrogens (tertiary/aromatic N) is 2. The van der Waals surface area contributed by atoms with Crippen LogP contribution < -0.4 is 5.56 Å². The van der Waals surface area contributed by atoms with E-state index in [4.69, 9.17) is 4.98 Å². The van der Waals surface area contributed by atoms with E-state index >= 15 is 0 Å². The van der Waals surface area contributed by atoms with E-state index in [-0.39, 0.29) is 12.1 Å². The van der Waals surface area contributed by atoms with Gasteiger partial charge in [-0.25, -0.2) is 9.37 Å². The lowest BCUT2D eigenvalue weighted by molar-refractivity contribution is 0.441. The Morgan fingerprint density at radius 2 is 1.70 bits per heavy atom. The van der Waals surface area contributed by atoms with E-state index in [0.29, 0.717) is 16.0 Å². The molecule has 0 aliphatic carbocycles. The first-order valence-electron chi connectivity index (χ1n) is 8.82. The van der Waals surface area contributed by atoms with Crippen molar-refractivity contribution >= 4 is 21.6 Å². The van der Waals surface area contributed by atoms with Crippen LogP contribution in [0.5, 0.6) is 0 Å². The molecule has 27 heavy (non-hydrogen) atoms. The molecule has 4 rings (SSSR count). The molecule has 2 aromatic carbocycles. The van der Waals surface area contributed by atoms with Crippen LogP contribution in [0.2, 0.25) is 0 Å². The van der Waals surface area contributed by atoms with Crippen LogP contribution in [0.3, 0.4) is 0 Å². The van der Waals surface area contributed by atoms with Gasteiger partial charge in [-0.15, -0.1) is 11.3 Å². The Kier molecular flexibility index (Phi) is 4.62. The van der Waals surface area contributed by atoms with Crippen molar-refractivity contribution in [1.29, 1.82) is 0 Å². The molecule has 136 valence electrons. The maximum atomic E-state index is 13.3. The van der Waals surface area contributed by atoms with E-state index in [0.717, 1.165) is 27.1 Å². The second kappa shape index (κ2) is 7.08. The summed E-state index contributed by atoms with van der Waals surface area (Å²) in [4.78, 5) is 19.9. The zero-order valence-corrected chi connectivity index (χ0v) is 16.0. The molecular weight excluding hydrogens is 359 g/mol. The molecule has 0 atom stereocenters. The maximum Gasteiger partial charge on any atom is 0.263 e. The largest absolute Gasteiger partial charge is 0.289 e. The minimum absolute atomic E-state index is 0.00585. The van der Waals surface area contributed by atoms with Gasteiger partial charge < -0.3 is 0 Å². The number of aryl methyl sites for hydroxylation is 2. The van der Waals surface area contributed by atoms with Crippen LogP contribution in [-0.2, 0) is 6.54 Å². The van der Waals surface area contributed by atoms with E-state index in [9.17, 15) is 9.18 Å². The molecule has 0 aliphatic heterocycles. The minimum atomic E-state index is -0.615. The Morgan fingerprint density at radius 3 is 2.37 bits per heavy atom. The van der Waals surface area contributed by atoms with Gasteiger partial charge in [-0.2, -0.15) is 0 Å². The summed E-state index contributed by atoms with van der Waals surface area (Å²) in [5.41, 5.74) is 3.64. The summed E-state index contributed by atoms with van der Waals surface area (Å²) in [6.07, 6.45) is 0. The Morgan fingerprint density at radius 1 is 1.00 bits per heavy atom. The zero-order valence-electron chi connectivity index (χ0n) is 15.2. The standard InChI is InChI=1S/C22H19FN2OS/c1-14-8-10-17(11-9-14)20-24-21-19(22(26)25(20)13-12-23)18(15(2)27-21)16-6-4-3-5-7-16/h3-11H,12-13H2,1-2H3. The topological polar surface area (TPSA) is 34.9 Å². The van der Waals surface area contributed by atoms with Crippen LogP contribution in [-0.4, -0.2) is 16.2 Å². The Balaban J connectivity index is 2.04. The molecule has 0 spiro atoms. The summed E-state index contributed by atoms with van der Waals surface area (Å²) in [5, 5.41) is 0.577. The van der Waals surface area contributed by atoms with Crippen LogP contribution in [0.15, 0.2) is 59.4 Å². The first-order valence-corrected chi connectivity index (χ1v) is 9.64. The van der Waals surface area contributed by atoms with Gasteiger partial charge in [-0.1, -0.05) is 60.2 Å². The summed E-state index contributed by atoms with van der Waals surface area (Å²) < 4.78 is 14.7. The third-order valence-electron chi connectivity index (χ3n) is 4.67. The monoisotopic (exact) mass is 378 g/mol. The summed E-state index contributed by atoms with van der Waals surface area (Å²) >= 11 is 1.51. The SMILES string of the molecule is Cc1ccc(-c2nc3sc(C)c(-c4ccccc4)c3c(=O)n2CCF)cc1. The number of fused-ring (bicyclic) bond motifs is 1. The fraction of sp³-hybridized carbons (Fsp3) is 0.182. The number of hydrogen-bond donors (Lipinski definition) is 0. The molecule has 0 radical (unpaired) electrons. The highest BCUT2D eigenvalue weighted by atomic mass is 32.1. The molecule has 0 bridgehead atoms. The van der Waals surface area contributed by atoms with E-state index < -0.39 is 6.67 Å². The minimum Gasteiger partial charge on any atom is -0.289 e. The molecule has 0 aliphatic rings. The van der Waals surface area contributed by atoms with Gasteiger partial charge in [0.05, 0.1) is 11.9 Å². The first kappa shape index (κ1) is 17.6. The van der Waals surface area contributed by atoms with Gasteiger partial charge >= 0.3 is 0 Å². The molecule has 4 aromatic rings. The van der Waals surface area contributed by atoms with Crippen LogP contribution in [0, 0.1) is 13.8 Å². The van der Waals surface area contributed by atoms with Gasteiger partial charge in [-0.05, 0) is 19.4 Å². The van der Waals surface area contributed by atoms with E-state index in [1.165, 1.54) is 15.9 Å². The molecule has 3 nitrogen and oxygen atoms in total. The van der Waals surface area contributed by atoms with Crippen molar-refractivity contribution in [3.8, 4) is 22.5 Å². The summed E-state index contributed by atoms with van der Waals surface area (Å²) in [6.45, 7) is 3.38. The van der Waals surface area contributed by atoms with Crippen molar-refractivity contribution < 1.29 is 4.39 Å². The van der Waals surface area contributed by atoms with Gasteiger partial charge in [0.15, 0.2) is 0 Å². The number of halogens is 1. The number of alkyl halides is 1. The van der Waals surface area contributed by atoms with Gasteiger partial charge in [0.25, 0.3) is 5.56 Å². The van der Waals surface area contributed by atoms with Gasteiger partial charge in [0, 0.05) is 16.0 Å². The molecule has 0 saturated heterocycles. The van der Waals surface area contributed by atoms with E-state index in [2.05, 4.69) is 0 Å². The summed E-state index contributed by atoms with van der Waals surface area (Å²) in [7, 11) is 0. The van der Waals surface area contributed by atoms with Crippen molar-refractivity contribution in [3.63, 3.8) is 0 Å². The number of aromatic nitrogens is 2. The smallest absolute Gasteiger partial charge is 0.263 e. The third-order valence-corrected chi connectivity index (χ3v) is 5.67. The average Bonchev–Trinajstić information content (AvgIpc) is 3.01. The lowest BCUT2D eigenvalue weighted by Crippen LogP contribution is -2.24. The number of benzene rings is 2. The van der Waals surface area contributed by atoms with Crippen molar-refractivity contribution in [2.45, 2.75) is 20.4 Å². The van der Waals surface area contributed by atoms with Crippen molar-refractivity contribution in [1.82, 2.24) is 9.55 Å². The highest BCUT2D eigenvalue weighted by Crippen LogP contribution is 2.36. The molecule has 0 unspecified atom stereocenters. The predicted octanol–water partition coefficient (Wildman–Crippen LogP) is 5.38. The lowest BCUT2D eigenvalue weighted by Gasteiger charge is -2.12. The highest BCUT2D eigenvalue weighted by Gasteiger charge is 2.20. The maximum absolute atomic E-state index is 13.3. The Hall–Kier alpha value is -2.79. The molecule has 0 amide bonds. The zero-order chi connectivity index (χ0) is 19.0. The molecule has 2 aromatic heterocycles. The van der Waals surface area contributed by atoms with E-state index in [1.807, 2.05) is 68.4 Å². The molecule has 0 fully saturated rings. The molecule has 0 N–H and O–H groups in total. The first-order chi connectivity index (χ1) is 13.1. The van der Waals surface area contributed by atoms with Crippen LogP contribution in [0.25, 0.3) is 32.7 Å². The number of thiophene rings is 1. The Labute approximate surface area is 160 Å². The second-order valence-electron chi connectivity index (χ2n) is 6.53. The average molecular weight is 378 g/mol. The summed E-state index contributed by atoms with van der Waals surface area (Å²) in [5.74, 6) is 0.519. The van der Waals surface area contributed by atoms with Crippen LogP contribution in [0.4, 0.5) is 4.39 Å². The summed E-state index contributed by atoms with van der Waals surface area (Å²) in [6, 6.07) is 17.6. The van der Waals surface area contributed by atoms with Gasteiger partial charge in [0.1, 0.15) is 17.3 Å². The van der Waals surface area contributed by atoms with E-state index in [1.54, 1.807) is 0 Å². The number of hydrogen-bond acceptors (Lipinski definition) is 3. The number of rotatable bonds is 4. The highest BCUT2D eigenvalue weighted by molar-refractivity contribution is 7.19. The fourth-order valence-electron chi connectivity index (χ4n) is 3.36. The second-order valence-corrected chi connectivity index (χ2v) is 7.73. The molecular formula is C22H19FN2OS. The van der Waals surface area contributed by atoms with Gasteiger partial charge in [-0.3, -0.25) is 9.36 Å². The van der Waals surface area contributed by atoms with Crippen molar-refractivity contribution in [2.24, 2.45) is 0 Å². The molecule has 5 heteroatoms. The normalized spacial score (nSPS) is 11.2. The van der Waals surface area contributed by atoms with Crippen LogP contribution in [0.1, 0.15) is 10.4 Å². The Bertz CT molecular complexity index is 1160. The van der Waals surface area contributed by atoms with Gasteiger partial charge in [0.2, 0.25) is 0 Å². The van der Waals surface area contributed by atoms with Crippen molar-refractivity contribution in [3.05, 3.63) is 75.4 Å². The van der Waals surface area contributed by atoms with Crippen LogP contribution >= 0.6 is 11.3 Å². The fourth-order valence-corrected chi connectivity index (χ4v) is 4.40. The third kappa shape index (κ3) is 3.08. The molecule has 2 heterocycles. The predicted molar refractivity (Wildman–Crippen MR) is 110 cm³/mol. The van der Waals surface area contributed by atoms with Crippen molar-refractivity contribution in [2.75, 3.05) is 6.67 Å². The molecule has 0 saturated carbocycles. The lowest BCUT2D eigenvalue weighted by atomic mass is 10.0. The quantitative estimate of drug-likeness (QED) is 0.478.